The molecule has 0 aliphatic carbocycles. The number of sulfonamides is 1. The highest BCUT2D eigenvalue weighted by Crippen LogP contribution is 2.28. The molecule has 14 heteroatoms. The first-order chi connectivity index (χ1) is 14.4. The van der Waals surface area contributed by atoms with Gasteiger partial charge in [0.15, 0.2) is 11.6 Å². The number of alkyl halides is 3. The van der Waals surface area contributed by atoms with Crippen LogP contribution in [0.5, 0.6) is 5.75 Å². The number of anilines is 2. The van der Waals surface area contributed by atoms with Crippen LogP contribution in [0.4, 0.5) is 38.1 Å². The Labute approximate surface area is 171 Å². The minimum absolute atomic E-state index is 0.0468. The van der Waals surface area contributed by atoms with Gasteiger partial charge >= 0.3 is 12.3 Å². The lowest BCUT2D eigenvalue weighted by atomic mass is 10.2. The largest absolute Gasteiger partial charge is 0.417 e. The van der Waals surface area contributed by atoms with Crippen LogP contribution < -0.4 is 14.8 Å². The smallest absolute Gasteiger partial charge is 0.408 e. The molecule has 0 aliphatic heterocycles. The topological polar surface area (TPSA) is 113 Å². The number of nitrogens with one attached hydrogen (secondary N) is 3. The number of amides is 1. The predicted octanol–water partition coefficient (Wildman–Crippen LogP) is 4.15. The first-order valence-electron chi connectivity index (χ1n) is 8.41. The van der Waals surface area contributed by atoms with Gasteiger partial charge in [-0.25, -0.2) is 27.0 Å². The normalized spacial score (nSPS) is 12.0. The number of pyridine rings is 1. The lowest BCUT2D eigenvalue weighted by Crippen LogP contribution is -2.23. The summed E-state index contributed by atoms with van der Waals surface area (Å²) in [6.45, 7) is 0. The molecule has 31 heavy (non-hydrogen) atoms. The van der Waals surface area contributed by atoms with E-state index in [1.807, 2.05) is 0 Å². The molecule has 3 rings (SSSR count). The van der Waals surface area contributed by atoms with Crippen molar-refractivity contribution >= 4 is 38.5 Å². The monoisotopic (exact) mass is 464 g/mol. The summed E-state index contributed by atoms with van der Waals surface area (Å²) in [5, 5.41) is 2.39. The Hall–Kier alpha value is -3.42. The Morgan fingerprint density at radius 3 is 2.65 bits per heavy atom. The van der Waals surface area contributed by atoms with Crippen LogP contribution in [0, 0.1) is 11.6 Å². The summed E-state index contributed by atoms with van der Waals surface area (Å²) in [7, 11) is -4.60. The molecule has 0 bridgehead atoms. The number of hydrogen-bond donors (Lipinski definition) is 3. The van der Waals surface area contributed by atoms with Gasteiger partial charge in [-0.15, -0.1) is 0 Å². The lowest BCUT2D eigenvalue weighted by Gasteiger charge is -2.13. The molecule has 0 radical (unpaired) electrons. The fourth-order valence-corrected chi connectivity index (χ4v) is 3.52. The Balaban J connectivity index is 1.74. The molecule has 2 aromatic heterocycles. The van der Waals surface area contributed by atoms with Crippen molar-refractivity contribution in [2.45, 2.75) is 12.6 Å². The Morgan fingerprint density at radius 1 is 1.19 bits per heavy atom. The standard InChI is InChI=1S/C17H13F5N4O4S/c18-11-1-2-12(26-31(28,29)6-4-17(20,21)22)13(19)14(11)25-16(27)30-10-7-9-3-5-23-15(9)24-8-10/h1-3,5,7-8,26H,4,6H2,(H,23,24)(H,25,27). The number of halogens is 5. The molecule has 3 aromatic rings. The molecular formula is C17H13F5N4O4S. The number of aromatic nitrogens is 2. The van der Waals surface area contributed by atoms with Gasteiger partial charge in [0, 0.05) is 11.6 Å². The molecule has 2 heterocycles. The molecule has 1 amide bonds. The van der Waals surface area contributed by atoms with Gasteiger partial charge in [-0.05, 0) is 24.3 Å². The van der Waals surface area contributed by atoms with Crippen LogP contribution in [0.1, 0.15) is 6.42 Å². The molecule has 0 saturated heterocycles. The van der Waals surface area contributed by atoms with Crippen LogP contribution in [-0.4, -0.2) is 36.4 Å². The zero-order chi connectivity index (χ0) is 22.8. The van der Waals surface area contributed by atoms with Crippen molar-refractivity contribution in [2.24, 2.45) is 0 Å². The zero-order valence-electron chi connectivity index (χ0n) is 15.3. The average molecular weight is 464 g/mol. The van der Waals surface area contributed by atoms with Crippen molar-refractivity contribution in [3.63, 3.8) is 0 Å². The number of H-pyrrole nitrogens is 1. The van der Waals surface area contributed by atoms with Gasteiger partial charge in [0.05, 0.1) is 24.1 Å². The summed E-state index contributed by atoms with van der Waals surface area (Å²) in [6, 6.07) is 4.35. The maximum Gasteiger partial charge on any atom is 0.417 e. The van der Waals surface area contributed by atoms with Crippen LogP contribution in [0.25, 0.3) is 11.0 Å². The van der Waals surface area contributed by atoms with E-state index in [1.165, 1.54) is 12.3 Å². The summed E-state index contributed by atoms with van der Waals surface area (Å²) in [5.74, 6) is -4.24. The third-order valence-corrected chi connectivity index (χ3v) is 5.10. The molecule has 0 saturated carbocycles. The van der Waals surface area contributed by atoms with Crippen LogP contribution in [0.2, 0.25) is 0 Å². The highest BCUT2D eigenvalue weighted by atomic mass is 32.2. The van der Waals surface area contributed by atoms with Crippen molar-refractivity contribution in [3.8, 4) is 5.75 Å². The Morgan fingerprint density at radius 2 is 1.94 bits per heavy atom. The van der Waals surface area contributed by atoms with E-state index in [0.29, 0.717) is 23.2 Å². The van der Waals surface area contributed by atoms with Gasteiger partial charge in [-0.1, -0.05) is 0 Å². The number of fused-ring (bicyclic) bond motifs is 1. The summed E-state index contributed by atoms with van der Waals surface area (Å²) >= 11 is 0. The van der Waals surface area contributed by atoms with Gasteiger partial charge in [0.25, 0.3) is 0 Å². The minimum atomic E-state index is -4.75. The summed E-state index contributed by atoms with van der Waals surface area (Å²) in [4.78, 5) is 18.8. The number of carbonyl (C=O) groups excluding carboxylic acids is 1. The van der Waals surface area contributed by atoms with Crippen molar-refractivity contribution in [1.29, 1.82) is 0 Å². The molecule has 3 N–H and O–H groups in total. The van der Waals surface area contributed by atoms with Gasteiger partial charge < -0.3 is 9.72 Å². The van der Waals surface area contributed by atoms with E-state index < -0.39 is 57.5 Å². The molecule has 0 unspecified atom stereocenters. The number of rotatable bonds is 6. The number of hydrogen-bond acceptors (Lipinski definition) is 5. The second-order valence-electron chi connectivity index (χ2n) is 6.17. The van der Waals surface area contributed by atoms with Crippen LogP contribution in [0.3, 0.4) is 0 Å². The maximum atomic E-state index is 14.5. The summed E-state index contributed by atoms with van der Waals surface area (Å²) in [5.41, 5.74) is -1.40. The number of nitrogens with zero attached hydrogens (tertiary/aromatic N) is 1. The van der Waals surface area contributed by atoms with Crippen LogP contribution in [-0.2, 0) is 10.0 Å². The van der Waals surface area contributed by atoms with Crippen molar-refractivity contribution in [2.75, 3.05) is 15.8 Å². The van der Waals surface area contributed by atoms with Gasteiger partial charge in [0.1, 0.15) is 17.2 Å². The predicted molar refractivity (Wildman–Crippen MR) is 100 cm³/mol. The molecule has 0 fully saturated rings. The van der Waals surface area contributed by atoms with E-state index in [0.717, 1.165) is 0 Å². The molecule has 1 aromatic carbocycles. The van der Waals surface area contributed by atoms with Crippen molar-refractivity contribution < 1.29 is 39.9 Å². The van der Waals surface area contributed by atoms with E-state index in [2.05, 4.69) is 9.97 Å². The zero-order valence-corrected chi connectivity index (χ0v) is 16.1. The molecule has 8 nitrogen and oxygen atoms in total. The SMILES string of the molecule is O=C(Nc1c(F)ccc(NS(=O)(=O)CCC(F)(F)F)c1F)Oc1cnc2[nH]ccc2c1. The van der Waals surface area contributed by atoms with E-state index >= 15 is 0 Å². The first kappa shape index (κ1) is 22.3. The van der Waals surface area contributed by atoms with Gasteiger partial charge in [-0.3, -0.25) is 10.0 Å². The quantitative estimate of drug-likeness (QED) is 0.475. The lowest BCUT2D eigenvalue weighted by molar-refractivity contribution is -0.129. The fraction of sp³-hybridized carbons (Fsp3) is 0.176. The molecule has 0 aliphatic rings. The van der Waals surface area contributed by atoms with E-state index in [-0.39, 0.29) is 5.75 Å². The molecule has 0 atom stereocenters. The van der Waals surface area contributed by atoms with Crippen molar-refractivity contribution in [1.82, 2.24) is 9.97 Å². The fourth-order valence-electron chi connectivity index (χ4n) is 2.42. The van der Waals surface area contributed by atoms with E-state index in [4.69, 9.17) is 4.74 Å². The van der Waals surface area contributed by atoms with E-state index in [9.17, 15) is 35.2 Å². The highest BCUT2D eigenvalue weighted by molar-refractivity contribution is 7.92. The highest BCUT2D eigenvalue weighted by Gasteiger charge is 2.30. The molecular weight excluding hydrogens is 451 g/mol. The minimum Gasteiger partial charge on any atom is -0.408 e. The molecule has 0 spiro atoms. The van der Waals surface area contributed by atoms with E-state index in [1.54, 1.807) is 22.3 Å². The number of ether oxygens (including phenoxy) is 1. The summed E-state index contributed by atoms with van der Waals surface area (Å²) in [6.07, 6.45) is -4.96. The first-order valence-corrected chi connectivity index (χ1v) is 10.1. The Bertz CT molecular complexity index is 1230. The number of aromatic amines is 1. The van der Waals surface area contributed by atoms with Crippen LogP contribution in [0.15, 0.2) is 36.7 Å². The Kier molecular flexibility index (Phi) is 6.01. The summed E-state index contributed by atoms with van der Waals surface area (Å²) < 4.78 is 95.2. The number of benzene rings is 1. The van der Waals surface area contributed by atoms with Gasteiger partial charge in [0.2, 0.25) is 10.0 Å². The number of carbonyl (C=O) groups is 1. The third-order valence-electron chi connectivity index (χ3n) is 3.82. The third kappa shape index (κ3) is 5.81. The molecule has 166 valence electrons. The van der Waals surface area contributed by atoms with Crippen LogP contribution >= 0.6 is 0 Å². The second-order valence-corrected chi connectivity index (χ2v) is 8.01. The van der Waals surface area contributed by atoms with Gasteiger partial charge in [-0.2, -0.15) is 13.2 Å². The second kappa shape index (κ2) is 8.37. The van der Waals surface area contributed by atoms with Crippen molar-refractivity contribution in [3.05, 3.63) is 48.3 Å². The maximum absolute atomic E-state index is 14.5. The average Bonchev–Trinajstić information content (AvgIpc) is 3.13.